The summed E-state index contributed by atoms with van der Waals surface area (Å²) in [4.78, 5) is 14.4. The molecule has 8 heteroatoms. The van der Waals surface area contributed by atoms with Crippen LogP contribution in [-0.4, -0.2) is 41.9 Å². The number of hydrogen-bond acceptors (Lipinski definition) is 4. The molecule has 6 rings (SSSR count). The molecule has 1 saturated carbocycles. The molecule has 1 aliphatic carbocycles. The number of hydrogen-bond donors (Lipinski definition) is 0. The fourth-order valence-electron chi connectivity index (χ4n) is 6.09. The van der Waals surface area contributed by atoms with Crippen molar-refractivity contribution in [1.82, 2.24) is 9.31 Å². The van der Waals surface area contributed by atoms with E-state index in [4.69, 9.17) is 16.7 Å². The lowest BCUT2D eigenvalue weighted by Gasteiger charge is -2.32. The first-order chi connectivity index (χ1) is 18.9. The quantitative estimate of drug-likeness (QED) is 0.367. The van der Waals surface area contributed by atoms with Crippen molar-refractivity contribution < 1.29 is 13.2 Å². The van der Waals surface area contributed by atoms with E-state index >= 15 is 0 Å². The Kier molecular flexibility index (Phi) is 7.14. The smallest absolute Gasteiger partial charge is 0.261 e. The number of carbonyl (C=O) groups excluding carboxylic acids is 1. The van der Waals surface area contributed by atoms with Crippen LogP contribution in [0.4, 0.5) is 0 Å². The number of amides is 1. The van der Waals surface area contributed by atoms with E-state index in [0.29, 0.717) is 24.4 Å². The zero-order valence-electron chi connectivity index (χ0n) is 21.5. The maximum Gasteiger partial charge on any atom is 0.261 e. The van der Waals surface area contributed by atoms with Gasteiger partial charge in [-0.1, -0.05) is 72.3 Å². The molecule has 3 aromatic rings. The highest BCUT2D eigenvalue weighted by molar-refractivity contribution is 7.89. The molecule has 2 heterocycles. The molecule has 2 fully saturated rings. The van der Waals surface area contributed by atoms with E-state index < -0.39 is 16.1 Å². The normalized spacial score (nSPS) is 24.5. The van der Waals surface area contributed by atoms with Gasteiger partial charge in [0, 0.05) is 17.5 Å². The van der Waals surface area contributed by atoms with Crippen molar-refractivity contribution in [2.45, 2.75) is 49.1 Å². The first-order valence-corrected chi connectivity index (χ1v) is 15.3. The van der Waals surface area contributed by atoms with Gasteiger partial charge in [0.05, 0.1) is 16.6 Å². The third kappa shape index (κ3) is 4.95. The SMILES string of the molecule is O=C([C@@H]1CCCN1S(=O)(=O)c1ccc(Cl)cc1)N1N=C2/C(=C\c3ccccc3)CCC[C@H]2[C@@H]1c1ccccc1. The zero-order valence-corrected chi connectivity index (χ0v) is 23.1. The Balaban J connectivity index is 1.38. The maximum absolute atomic E-state index is 14.3. The van der Waals surface area contributed by atoms with E-state index in [9.17, 15) is 13.2 Å². The topological polar surface area (TPSA) is 70.1 Å². The molecule has 0 radical (unpaired) electrons. The lowest BCUT2D eigenvalue weighted by molar-refractivity contribution is -0.137. The molecular weight excluding hydrogens is 530 g/mol. The molecule has 3 atom stereocenters. The van der Waals surface area contributed by atoms with Crippen molar-refractivity contribution in [2.75, 3.05) is 6.54 Å². The van der Waals surface area contributed by atoms with Gasteiger partial charge in [-0.15, -0.1) is 0 Å². The first kappa shape index (κ1) is 26.0. The molecule has 1 saturated heterocycles. The van der Waals surface area contributed by atoms with Crippen LogP contribution in [0.5, 0.6) is 0 Å². The molecule has 0 N–H and O–H groups in total. The third-order valence-corrected chi connectivity index (χ3v) is 10.1. The summed E-state index contributed by atoms with van der Waals surface area (Å²) in [6, 6.07) is 25.2. The van der Waals surface area contributed by atoms with Crippen LogP contribution >= 0.6 is 11.6 Å². The predicted molar refractivity (Wildman–Crippen MR) is 154 cm³/mol. The van der Waals surface area contributed by atoms with E-state index in [0.717, 1.165) is 41.7 Å². The second kappa shape index (κ2) is 10.7. The van der Waals surface area contributed by atoms with Crippen LogP contribution in [-0.2, 0) is 14.8 Å². The summed E-state index contributed by atoms with van der Waals surface area (Å²) in [5, 5.41) is 7.04. The highest BCUT2D eigenvalue weighted by atomic mass is 35.5. The van der Waals surface area contributed by atoms with Gasteiger partial charge in [0.15, 0.2) is 0 Å². The minimum atomic E-state index is -3.87. The highest BCUT2D eigenvalue weighted by Crippen LogP contribution is 2.45. The maximum atomic E-state index is 14.3. The molecule has 39 heavy (non-hydrogen) atoms. The number of halogens is 1. The van der Waals surface area contributed by atoms with E-state index in [2.05, 4.69) is 18.2 Å². The van der Waals surface area contributed by atoms with Crippen molar-refractivity contribution >= 4 is 39.3 Å². The molecule has 3 aliphatic rings. The molecule has 0 aromatic heterocycles. The molecule has 0 bridgehead atoms. The second-order valence-corrected chi connectivity index (χ2v) is 12.7. The predicted octanol–water partition coefficient (Wildman–Crippen LogP) is 6.32. The summed E-state index contributed by atoms with van der Waals surface area (Å²) in [6.07, 6.45) is 6.08. The van der Waals surface area contributed by atoms with Gasteiger partial charge in [0.1, 0.15) is 6.04 Å². The minimum absolute atomic E-state index is 0.0581. The Morgan fingerprint density at radius 3 is 2.31 bits per heavy atom. The summed E-state index contributed by atoms with van der Waals surface area (Å²) in [7, 11) is -3.87. The zero-order chi connectivity index (χ0) is 27.0. The van der Waals surface area contributed by atoms with Gasteiger partial charge in [-0.3, -0.25) is 4.79 Å². The molecule has 3 aromatic carbocycles. The van der Waals surface area contributed by atoms with Gasteiger partial charge in [0.25, 0.3) is 5.91 Å². The summed E-state index contributed by atoms with van der Waals surface area (Å²) in [5.74, 6) is -0.206. The minimum Gasteiger partial charge on any atom is -0.271 e. The van der Waals surface area contributed by atoms with Crippen LogP contribution in [0.2, 0.25) is 5.02 Å². The molecule has 1 amide bonds. The Labute approximate surface area is 234 Å². The Morgan fingerprint density at radius 1 is 0.897 bits per heavy atom. The van der Waals surface area contributed by atoms with Crippen molar-refractivity contribution in [3.05, 3.63) is 107 Å². The van der Waals surface area contributed by atoms with E-state index in [1.807, 2.05) is 48.5 Å². The van der Waals surface area contributed by atoms with E-state index in [-0.39, 0.29) is 22.8 Å². The number of allylic oxidation sites excluding steroid dienone is 1. The van der Waals surface area contributed by atoms with Crippen LogP contribution in [0.25, 0.3) is 6.08 Å². The summed E-state index contributed by atoms with van der Waals surface area (Å²) in [6.45, 7) is 0.296. The molecular formula is C31H30ClN3O3S. The Bertz CT molecular complexity index is 1520. The lowest BCUT2D eigenvalue weighted by Crippen LogP contribution is -2.46. The number of nitrogens with zero attached hydrogens (tertiary/aromatic N) is 3. The van der Waals surface area contributed by atoms with Crippen LogP contribution in [0.3, 0.4) is 0 Å². The number of carbonyl (C=O) groups is 1. The third-order valence-electron chi connectivity index (χ3n) is 7.92. The summed E-state index contributed by atoms with van der Waals surface area (Å²) in [5.41, 5.74) is 4.21. The van der Waals surface area contributed by atoms with Gasteiger partial charge in [-0.25, -0.2) is 13.4 Å². The van der Waals surface area contributed by atoms with E-state index in [1.165, 1.54) is 16.4 Å². The van der Waals surface area contributed by atoms with E-state index in [1.54, 1.807) is 17.1 Å². The van der Waals surface area contributed by atoms with Crippen molar-refractivity contribution in [3.63, 3.8) is 0 Å². The highest BCUT2D eigenvalue weighted by Gasteiger charge is 2.48. The Morgan fingerprint density at radius 2 is 1.59 bits per heavy atom. The average Bonchev–Trinajstić information content (AvgIpc) is 3.61. The second-order valence-electron chi connectivity index (χ2n) is 10.3. The fourth-order valence-corrected chi connectivity index (χ4v) is 7.86. The van der Waals surface area contributed by atoms with Crippen LogP contribution in [0, 0.1) is 5.92 Å². The van der Waals surface area contributed by atoms with Crippen molar-refractivity contribution in [2.24, 2.45) is 11.0 Å². The largest absolute Gasteiger partial charge is 0.271 e. The molecule has 0 spiro atoms. The summed E-state index contributed by atoms with van der Waals surface area (Å²) >= 11 is 6.00. The van der Waals surface area contributed by atoms with Gasteiger partial charge < -0.3 is 0 Å². The van der Waals surface area contributed by atoms with Crippen molar-refractivity contribution in [1.29, 1.82) is 0 Å². The van der Waals surface area contributed by atoms with Crippen molar-refractivity contribution in [3.8, 4) is 0 Å². The summed E-state index contributed by atoms with van der Waals surface area (Å²) < 4.78 is 28.6. The fraction of sp³-hybridized carbons (Fsp3) is 0.290. The van der Waals surface area contributed by atoms with Crippen LogP contribution < -0.4 is 0 Å². The van der Waals surface area contributed by atoms with Gasteiger partial charge in [-0.2, -0.15) is 9.41 Å². The standard InChI is InChI=1S/C31H30ClN3O3S/c32-25-16-18-26(19-17-25)39(37,38)34-20-8-15-28(34)31(36)35-30(23-11-5-2-6-12-23)27-14-7-13-24(29(27)33-35)21-22-9-3-1-4-10-22/h1-6,9-12,16-19,21,27-28,30H,7-8,13-15,20H2/b24-21-/t27-,28+,30+/m1/s1. The van der Waals surface area contributed by atoms with Crippen LogP contribution in [0.15, 0.2) is 100 Å². The van der Waals surface area contributed by atoms with Gasteiger partial charge >= 0.3 is 0 Å². The molecule has 2 aliphatic heterocycles. The van der Waals surface area contributed by atoms with Gasteiger partial charge in [-0.05, 0) is 79.1 Å². The molecule has 0 unspecified atom stereocenters. The number of rotatable bonds is 5. The monoisotopic (exact) mass is 559 g/mol. The average molecular weight is 560 g/mol. The molecule has 200 valence electrons. The number of benzene rings is 3. The number of hydrazone groups is 1. The lowest BCUT2D eigenvalue weighted by atomic mass is 9.77. The number of fused-ring (bicyclic) bond motifs is 1. The van der Waals surface area contributed by atoms with Crippen LogP contribution in [0.1, 0.15) is 49.3 Å². The molecule has 6 nitrogen and oxygen atoms in total. The first-order valence-electron chi connectivity index (χ1n) is 13.4. The Hall–Kier alpha value is -3.26. The number of sulfonamides is 1. The van der Waals surface area contributed by atoms with Gasteiger partial charge in [0.2, 0.25) is 10.0 Å².